The molecule has 1 amide bonds. The number of carbonyl (C=O) groups excluding carboxylic acids is 1. The highest BCUT2D eigenvalue weighted by Crippen LogP contribution is 2.27. The molecule has 3 rings (SSSR count). The number of hydrogen-bond acceptors (Lipinski definition) is 5. The van der Waals surface area contributed by atoms with Gasteiger partial charge in [-0.1, -0.05) is 24.3 Å². The zero-order valence-electron chi connectivity index (χ0n) is 16.4. The maximum Gasteiger partial charge on any atom is 0.240 e. The summed E-state index contributed by atoms with van der Waals surface area (Å²) in [4.78, 5) is 11.5. The Hall–Kier alpha value is -3.10. The van der Waals surface area contributed by atoms with Crippen LogP contribution in [0.15, 0.2) is 59.5 Å². The highest BCUT2D eigenvalue weighted by molar-refractivity contribution is 7.89. The van der Waals surface area contributed by atoms with Gasteiger partial charge in [-0.25, -0.2) is 13.1 Å². The monoisotopic (exact) mass is 414 g/mol. The quantitative estimate of drug-likeness (QED) is 0.619. The second-order valence-corrected chi connectivity index (χ2v) is 8.14. The molecule has 0 aromatic heterocycles. The number of rotatable bonds is 7. The van der Waals surface area contributed by atoms with E-state index in [0.717, 1.165) is 5.39 Å². The second kappa shape index (κ2) is 8.50. The van der Waals surface area contributed by atoms with Crippen LogP contribution >= 0.6 is 0 Å². The van der Waals surface area contributed by atoms with Gasteiger partial charge in [0.05, 0.1) is 19.1 Å². The van der Waals surface area contributed by atoms with E-state index in [1.165, 1.54) is 20.1 Å². The third-order valence-corrected chi connectivity index (χ3v) is 5.82. The Morgan fingerprint density at radius 2 is 1.79 bits per heavy atom. The molecule has 0 unspecified atom stereocenters. The number of sulfonamides is 1. The molecule has 0 bridgehead atoms. The van der Waals surface area contributed by atoms with Gasteiger partial charge in [0, 0.05) is 36.2 Å². The van der Waals surface area contributed by atoms with Crippen molar-refractivity contribution in [2.75, 3.05) is 19.5 Å². The summed E-state index contributed by atoms with van der Waals surface area (Å²) < 4.78 is 38.6. The van der Waals surface area contributed by atoms with E-state index < -0.39 is 10.0 Å². The Labute approximate surface area is 169 Å². The average Bonchev–Trinajstić information content (AvgIpc) is 2.71. The molecule has 0 saturated heterocycles. The summed E-state index contributed by atoms with van der Waals surface area (Å²) in [5.41, 5.74) is 1.32. The Morgan fingerprint density at radius 3 is 2.48 bits per heavy atom. The SMILES string of the molecule is COc1ccc(CNS(=O)(=O)c2ccc3c(NC(C)=O)cccc3c2)c(OC)c1. The van der Waals surface area contributed by atoms with Gasteiger partial charge in [0.2, 0.25) is 15.9 Å². The van der Waals surface area contributed by atoms with Crippen LogP contribution in [0.3, 0.4) is 0 Å². The molecule has 0 aliphatic heterocycles. The Bertz CT molecular complexity index is 1160. The summed E-state index contributed by atoms with van der Waals surface area (Å²) >= 11 is 0. The number of benzene rings is 3. The van der Waals surface area contributed by atoms with E-state index in [2.05, 4.69) is 10.0 Å². The van der Waals surface area contributed by atoms with E-state index in [1.807, 2.05) is 0 Å². The van der Waals surface area contributed by atoms with Gasteiger partial charge in [0.15, 0.2) is 0 Å². The second-order valence-electron chi connectivity index (χ2n) is 6.37. The first-order valence-corrected chi connectivity index (χ1v) is 10.3. The lowest BCUT2D eigenvalue weighted by atomic mass is 10.1. The van der Waals surface area contributed by atoms with E-state index in [9.17, 15) is 13.2 Å². The summed E-state index contributed by atoms with van der Waals surface area (Å²) in [5.74, 6) is 0.966. The molecular formula is C21H22N2O5S. The van der Waals surface area contributed by atoms with Crippen LogP contribution in [0.2, 0.25) is 0 Å². The van der Waals surface area contributed by atoms with Crippen molar-refractivity contribution in [2.45, 2.75) is 18.4 Å². The fraction of sp³-hybridized carbons (Fsp3) is 0.190. The van der Waals surface area contributed by atoms with Gasteiger partial charge in [-0.15, -0.1) is 0 Å². The number of carbonyl (C=O) groups is 1. The molecule has 0 aliphatic rings. The van der Waals surface area contributed by atoms with Crippen molar-refractivity contribution in [2.24, 2.45) is 0 Å². The van der Waals surface area contributed by atoms with Gasteiger partial charge in [0.25, 0.3) is 0 Å². The first kappa shape index (κ1) is 20.6. The van der Waals surface area contributed by atoms with Crippen molar-refractivity contribution in [3.8, 4) is 11.5 Å². The molecule has 2 N–H and O–H groups in total. The molecule has 7 nitrogen and oxygen atoms in total. The summed E-state index contributed by atoms with van der Waals surface area (Å²) in [6.45, 7) is 1.49. The van der Waals surface area contributed by atoms with Crippen molar-refractivity contribution in [1.82, 2.24) is 4.72 Å². The molecule has 0 saturated carbocycles. The Morgan fingerprint density at radius 1 is 1.00 bits per heavy atom. The predicted octanol–water partition coefficient (Wildman–Crippen LogP) is 3.29. The molecule has 0 heterocycles. The van der Waals surface area contributed by atoms with E-state index >= 15 is 0 Å². The third kappa shape index (κ3) is 4.67. The van der Waals surface area contributed by atoms with Gasteiger partial charge in [-0.3, -0.25) is 4.79 Å². The minimum atomic E-state index is -3.75. The zero-order valence-corrected chi connectivity index (χ0v) is 17.2. The predicted molar refractivity (Wildman–Crippen MR) is 112 cm³/mol. The van der Waals surface area contributed by atoms with Gasteiger partial charge >= 0.3 is 0 Å². The summed E-state index contributed by atoms with van der Waals surface area (Å²) in [5, 5.41) is 4.22. The Balaban J connectivity index is 1.86. The van der Waals surface area contributed by atoms with Crippen molar-refractivity contribution >= 4 is 32.4 Å². The summed E-state index contributed by atoms with van der Waals surface area (Å²) in [6, 6.07) is 15.3. The van der Waals surface area contributed by atoms with Crippen LogP contribution in [-0.4, -0.2) is 28.5 Å². The van der Waals surface area contributed by atoms with Crippen molar-refractivity contribution in [3.63, 3.8) is 0 Å². The molecular weight excluding hydrogens is 392 g/mol. The van der Waals surface area contributed by atoms with Crippen LogP contribution in [0, 0.1) is 0 Å². The first-order valence-electron chi connectivity index (χ1n) is 8.85. The van der Waals surface area contributed by atoms with Gasteiger partial charge in [0.1, 0.15) is 11.5 Å². The van der Waals surface area contributed by atoms with Crippen LogP contribution in [0.25, 0.3) is 10.8 Å². The molecule has 0 fully saturated rings. The molecule has 0 spiro atoms. The molecule has 0 aliphatic carbocycles. The van der Waals surface area contributed by atoms with E-state index in [4.69, 9.17) is 9.47 Å². The normalized spacial score (nSPS) is 11.3. The molecule has 0 atom stereocenters. The average molecular weight is 414 g/mol. The van der Waals surface area contributed by atoms with Crippen LogP contribution in [0.1, 0.15) is 12.5 Å². The molecule has 152 valence electrons. The number of nitrogens with one attached hydrogen (secondary N) is 2. The van der Waals surface area contributed by atoms with E-state index in [0.29, 0.717) is 28.1 Å². The van der Waals surface area contributed by atoms with Crippen molar-refractivity contribution < 1.29 is 22.7 Å². The summed E-state index contributed by atoms with van der Waals surface area (Å²) in [6.07, 6.45) is 0. The molecule has 29 heavy (non-hydrogen) atoms. The smallest absolute Gasteiger partial charge is 0.240 e. The lowest BCUT2D eigenvalue weighted by molar-refractivity contribution is -0.114. The molecule has 0 radical (unpaired) electrons. The Kier molecular flexibility index (Phi) is 6.05. The summed E-state index contributed by atoms with van der Waals surface area (Å²) in [7, 11) is -0.684. The van der Waals surface area contributed by atoms with E-state index in [-0.39, 0.29) is 17.3 Å². The van der Waals surface area contributed by atoms with Crippen molar-refractivity contribution in [1.29, 1.82) is 0 Å². The maximum atomic E-state index is 12.8. The van der Waals surface area contributed by atoms with Crippen LogP contribution in [0.4, 0.5) is 5.69 Å². The minimum Gasteiger partial charge on any atom is -0.497 e. The first-order chi connectivity index (χ1) is 13.8. The van der Waals surface area contributed by atoms with Crippen LogP contribution < -0.4 is 19.5 Å². The number of fused-ring (bicyclic) bond motifs is 1. The maximum absolute atomic E-state index is 12.8. The van der Waals surface area contributed by atoms with Crippen LogP contribution in [0.5, 0.6) is 11.5 Å². The van der Waals surface area contributed by atoms with E-state index in [1.54, 1.807) is 55.6 Å². The third-order valence-electron chi connectivity index (χ3n) is 4.42. The molecule has 3 aromatic carbocycles. The molecule has 3 aromatic rings. The number of ether oxygens (including phenoxy) is 2. The fourth-order valence-electron chi connectivity index (χ4n) is 2.98. The molecule has 8 heteroatoms. The van der Waals surface area contributed by atoms with Gasteiger partial charge in [-0.2, -0.15) is 0 Å². The number of amides is 1. The number of methoxy groups -OCH3 is 2. The van der Waals surface area contributed by atoms with Crippen LogP contribution in [-0.2, 0) is 21.4 Å². The number of hydrogen-bond donors (Lipinski definition) is 2. The fourth-order valence-corrected chi connectivity index (χ4v) is 4.02. The number of anilines is 1. The van der Waals surface area contributed by atoms with Gasteiger partial charge in [-0.05, 0) is 29.7 Å². The topological polar surface area (TPSA) is 93.7 Å². The standard InChI is InChI=1S/C21H22N2O5S/c1-14(24)23-20-6-4-5-15-11-18(9-10-19(15)20)29(25,26)22-13-16-7-8-17(27-2)12-21(16)28-3/h4-12,22H,13H2,1-3H3,(H,23,24). The lowest BCUT2D eigenvalue weighted by Crippen LogP contribution is -2.23. The van der Waals surface area contributed by atoms with Gasteiger partial charge < -0.3 is 14.8 Å². The van der Waals surface area contributed by atoms with Crippen molar-refractivity contribution in [3.05, 3.63) is 60.2 Å². The highest BCUT2D eigenvalue weighted by Gasteiger charge is 2.16. The largest absolute Gasteiger partial charge is 0.497 e. The zero-order chi connectivity index (χ0) is 21.0. The highest BCUT2D eigenvalue weighted by atomic mass is 32.2. The minimum absolute atomic E-state index is 0.0689. The lowest BCUT2D eigenvalue weighted by Gasteiger charge is -2.13.